The number of para-hydroxylation sites is 1. The van der Waals surface area contributed by atoms with Crippen LogP contribution < -0.4 is 10.1 Å². The predicted molar refractivity (Wildman–Crippen MR) is 110 cm³/mol. The van der Waals surface area contributed by atoms with Gasteiger partial charge in [-0.05, 0) is 47.9 Å². The van der Waals surface area contributed by atoms with Crippen molar-refractivity contribution in [3.05, 3.63) is 83.7 Å². The monoisotopic (exact) mass is 375 g/mol. The highest BCUT2D eigenvalue weighted by atomic mass is 16.5. The van der Waals surface area contributed by atoms with Crippen molar-refractivity contribution >= 4 is 6.03 Å². The van der Waals surface area contributed by atoms with E-state index in [4.69, 9.17) is 4.74 Å². The lowest BCUT2D eigenvalue weighted by atomic mass is 10.1. The van der Waals surface area contributed by atoms with Crippen molar-refractivity contribution in [3.63, 3.8) is 0 Å². The smallest absolute Gasteiger partial charge is 0.318 e. The quantitative estimate of drug-likeness (QED) is 0.721. The number of amides is 2. The largest absolute Gasteiger partial charge is 0.497 e. The minimum absolute atomic E-state index is 0.0210. The average molecular weight is 375 g/mol. The van der Waals surface area contributed by atoms with E-state index in [1.165, 1.54) is 0 Å². The molecule has 1 aliphatic heterocycles. The fourth-order valence-corrected chi connectivity index (χ4v) is 3.92. The van der Waals surface area contributed by atoms with Gasteiger partial charge in [0, 0.05) is 18.4 Å². The number of ether oxygens (including phenoxy) is 1. The number of hydrogen-bond acceptors (Lipinski definition) is 2. The molecule has 1 N–H and O–H groups in total. The summed E-state index contributed by atoms with van der Waals surface area (Å²) in [5.41, 5.74) is 4.44. The average Bonchev–Trinajstić information content (AvgIpc) is 3.17. The zero-order valence-corrected chi connectivity index (χ0v) is 16.3. The van der Waals surface area contributed by atoms with Crippen LogP contribution in [0.3, 0.4) is 0 Å². The standard InChI is InChI=1S/C23H25N3O2/c1-3-20-22-12-7-13-25(22)21-11-5-4-9-18(21)16-26(20)23(27)24-15-17-8-6-10-19(14-17)28-2/h4-14,20H,3,15-16H2,1-2H3,(H,24,27)/t20-/m1/s1. The summed E-state index contributed by atoms with van der Waals surface area (Å²) in [6, 6.07) is 20.2. The van der Waals surface area contributed by atoms with Crippen molar-refractivity contribution in [1.29, 1.82) is 0 Å². The van der Waals surface area contributed by atoms with Gasteiger partial charge in [0.15, 0.2) is 0 Å². The Hall–Kier alpha value is -3.21. The summed E-state index contributed by atoms with van der Waals surface area (Å²) in [7, 11) is 1.65. The van der Waals surface area contributed by atoms with E-state index in [1.807, 2.05) is 47.4 Å². The summed E-state index contributed by atoms with van der Waals surface area (Å²) in [5.74, 6) is 0.791. The van der Waals surface area contributed by atoms with Crippen molar-refractivity contribution in [2.75, 3.05) is 7.11 Å². The molecule has 0 spiro atoms. The molecule has 0 radical (unpaired) electrons. The van der Waals surface area contributed by atoms with Gasteiger partial charge in [-0.25, -0.2) is 4.79 Å². The Morgan fingerprint density at radius 2 is 2.00 bits per heavy atom. The van der Waals surface area contributed by atoms with Crippen LogP contribution in [0, 0.1) is 0 Å². The summed E-state index contributed by atoms with van der Waals surface area (Å²) in [5, 5.41) is 3.09. The molecule has 2 amide bonds. The number of benzene rings is 2. The number of methoxy groups -OCH3 is 1. The van der Waals surface area contributed by atoms with Crippen LogP contribution in [0.5, 0.6) is 5.75 Å². The van der Waals surface area contributed by atoms with Crippen molar-refractivity contribution in [1.82, 2.24) is 14.8 Å². The lowest BCUT2D eigenvalue weighted by Gasteiger charge is -2.29. The minimum atomic E-state index is -0.0564. The van der Waals surface area contributed by atoms with Crippen LogP contribution in [0.25, 0.3) is 5.69 Å². The van der Waals surface area contributed by atoms with Gasteiger partial charge in [-0.3, -0.25) is 0 Å². The molecule has 144 valence electrons. The third kappa shape index (κ3) is 3.36. The third-order valence-electron chi connectivity index (χ3n) is 5.32. The number of urea groups is 1. The summed E-state index contributed by atoms with van der Waals surface area (Å²) in [6.07, 6.45) is 2.93. The van der Waals surface area contributed by atoms with Gasteiger partial charge in [0.25, 0.3) is 0 Å². The Balaban J connectivity index is 1.60. The van der Waals surface area contributed by atoms with E-state index in [2.05, 4.69) is 41.2 Å². The van der Waals surface area contributed by atoms with Crippen molar-refractivity contribution in [2.24, 2.45) is 0 Å². The second-order valence-electron chi connectivity index (χ2n) is 6.99. The molecule has 0 fully saturated rings. The molecule has 5 nitrogen and oxygen atoms in total. The molecule has 1 aliphatic rings. The summed E-state index contributed by atoms with van der Waals surface area (Å²) >= 11 is 0. The Labute approximate surface area is 165 Å². The van der Waals surface area contributed by atoms with E-state index in [1.54, 1.807) is 7.11 Å². The van der Waals surface area contributed by atoms with Gasteiger partial charge in [-0.15, -0.1) is 0 Å². The van der Waals surface area contributed by atoms with E-state index in [9.17, 15) is 4.79 Å². The van der Waals surface area contributed by atoms with E-state index >= 15 is 0 Å². The lowest BCUT2D eigenvalue weighted by Crippen LogP contribution is -2.41. The van der Waals surface area contributed by atoms with E-state index in [-0.39, 0.29) is 12.1 Å². The molecule has 3 aromatic rings. The molecule has 2 aromatic carbocycles. The van der Waals surface area contributed by atoms with Crippen molar-refractivity contribution in [3.8, 4) is 11.4 Å². The van der Waals surface area contributed by atoms with Crippen LogP contribution >= 0.6 is 0 Å². The topological polar surface area (TPSA) is 46.5 Å². The Kier molecular flexibility index (Phi) is 5.06. The number of rotatable bonds is 4. The van der Waals surface area contributed by atoms with Crippen molar-refractivity contribution < 1.29 is 9.53 Å². The van der Waals surface area contributed by atoms with Gasteiger partial charge in [0.05, 0.1) is 25.4 Å². The molecule has 0 aliphatic carbocycles. The first-order valence-electron chi connectivity index (χ1n) is 9.64. The Morgan fingerprint density at radius 3 is 2.82 bits per heavy atom. The molecular formula is C23H25N3O2. The number of nitrogens with one attached hydrogen (secondary N) is 1. The molecule has 0 saturated heterocycles. The predicted octanol–water partition coefficient (Wildman–Crippen LogP) is 4.66. The fourth-order valence-electron chi connectivity index (χ4n) is 3.92. The maximum Gasteiger partial charge on any atom is 0.318 e. The number of aromatic nitrogens is 1. The summed E-state index contributed by atoms with van der Waals surface area (Å²) < 4.78 is 7.48. The van der Waals surface area contributed by atoms with E-state index in [0.29, 0.717) is 13.1 Å². The molecular weight excluding hydrogens is 350 g/mol. The van der Waals surface area contributed by atoms with Gasteiger partial charge in [-0.2, -0.15) is 0 Å². The van der Waals surface area contributed by atoms with Gasteiger partial charge in [-0.1, -0.05) is 37.3 Å². The maximum absolute atomic E-state index is 13.2. The van der Waals surface area contributed by atoms with Gasteiger partial charge >= 0.3 is 6.03 Å². The van der Waals surface area contributed by atoms with Gasteiger partial charge < -0.3 is 19.5 Å². The van der Waals surface area contributed by atoms with Crippen LogP contribution in [0.4, 0.5) is 4.79 Å². The Morgan fingerprint density at radius 1 is 1.14 bits per heavy atom. The Bertz CT molecular complexity index is 979. The molecule has 0 saturated carbocycles. The number of fused-ring (bicyclic) bond motifs is 3. The first-order valence-corrected chi connectivity index (χ1v) is 9.64. The highest BCUT2D eigenvalue weighted by molar-refractivity contribution is 5.75. The zero-order valence-electron chi connectivity index (χ0n) is 16.3. The molecule has 0 bridgehead atoms. The zero-order chi connectivity index (χ0) is 19.5. The van der Waals surface area contributed by atoms with Crippen LogP contribution in [0.1, 0.15) is 36.2 Å². The maximum atomic E-state index is 13.2. The molecule has 4 rings (SSSR count). The fraction of sp³-hybridized carbons (Fsp3) is 0.261. The molecule has 1 atom stereocenters. The normalized spacial score (nSPS) is 15.4. The van der Waals surface area contributed by atoms with Gasteiger partial charge in [0.1, 0.15) is 5.75 Å². The van der Waals surface area contributed by atoms with Crippen LogP contribution in [0.15, 0.2) is 66.9 Å². The molecule has 5 heteroatoms. The van der Waals surface area contributed by atoms with Crippen LogP contribution in [-0.4, -0.2) is 22.6 Å². The summed E-state index contributed by atoms with van der Waals surface area (Å²) in [6.45, 7) is 3.17. The highest BCUT2D eigenvalue weighted by Gasteiger charge is 2.30. The third-order valence-corrected chi connectivity index (χ3v) is 5.32. The van der Waals surface area contributed by atoms with Crippen molar-refractivity contribution in [2.45, 2.75) is 32.5 Å². The second kappa shape index (κ2) is 7.80. The first kappa shape index (κ1) is 18.2. The molecule has 0 unspecified atom stereocenters. The van der Waals surface area contributed by atoms with Gasteiger partial charge in [0.2, 0.25) is 0 Å². The SMILES string of the molecule is CC[C@@H]1c2cccn2-c2ccccc2CN1C(=O)NCc1cccc(OC)c1. The van der Waals surface area contributed by atoms with E-state index in [0.717, 1.165) is 34.7 Å². The number of carbonyl (C=O) groups is 1. The number of carbonyl (C=O) groups excluding carboxylic acids is 1. The lowest BCUT2D eigenvalue weighted by molar-refractivity contribution is 0.167. The molecule has 28 heavy (non-hydrogen) atoms. The molecule has 1 aromatic heterocycles. The van der Waals surface area contributed by atoms with Crippen LogP contribution in [-0.2, 0) is 13.1 Å². The first-order chi connectivity index (χ1) is 13.7. The molecule has 2 heterocycles. The highest BCUT2D eigenvalue weighted by Crippen LogP contribution is 2.34. The summed E-state index contributed by atoms with van der Waals surface area (Å²) in [4.78, 5) is 15.1. The number of nitrogens with zero attached hydrogens (tertiary/aromatic N) is 2. The number of hydrogen-bond donors (Lipinski definition) is 1. The van der Waals surface area contributed by atoms with Crippen LogP contribution in [0.2, 0.25) is 0 Å². The van der Waals surface area contributed by atoms with E-state index < -0.39 is 0 Å². The second-order valence-corrected chi connectivity index (χ2v) is 6.99. The minimum Gasteiger partial charge on any atom is -0.497 e.